The van der Waals surface area contributed by atoms with Crippen LogP contribution in [-0.2, 0) is 18.8 Å². The molecule has 0 aliphatic carbocycles. The molecule has 28 heavy (non-hydrogen) atoms. The molecular weight excluding hydrogens is 358 g/mol. The summed E-state index contributed by atoms with van der Waals surface area (Å²) in [6.07, 6.45) is -0.270. The maximum absolute atomic E-state index is 12.4. The first kappa shape index (κ1) is 20.1. The van der Waals surface area contributed by atoms with Gasteiger partial charge < -0.3 is 19.9 Å². The van der Waals surface area contributed by atoms with Crippen LogP contribution in [0, 0.1) is 0 Å². The van der Waals surface area contributed by atoms with Crippen molar-refractivity contribution in [3.8, 4) is 0 Å². The highest BCUT2D eigenvalue weighted by molar-refractivity contribution is 5.89. The number of ether oxygens (including phenoxy) is 1. The normalized spacial score (nSPS) is 17.9. The predicted octanol–water partition coefficient (Wildman–Crippen LogP) is 2.36. The van der Waals surface area contributed by atoms with Gasteiger partial charge in [0.25, 0.3) is 0 Å². The molecule has 154 valence electrons. The van der Waals surface area contributed by atoms with Crippen molar-refractivity contribution >= 4 is 28.5 Å². The van der Waals surface area contributed by atoms with E-state index in [2.05, 4.69) is 23.2 Å². The average Bonchev–Trinajstić information content (AvgIpc) is 2.83. The van der Waals surface area contributed by atoms with Crippen LogP contribution in [0.4, 0.5) is 16.2 Å². The molecule has 1 aliphatic rings. The number of rotatable bonds is 2. The quantitative estimate of drug-likeness (QED) is 0.854. The number of carbonyl (C=O) groups is 1. The molecule has 0 bridgehead atoms. The van der Waals surface area contributed by atoms with Gasteiger partial charge in [0, 0.05) is 46.8 Å². The third-order valence-electron chi connectivity index (χ3n) is 5.25. The Labute approximate surface area is 165 Å². The van der Waals surface area contributed by atoms with Crippen molar-refractivity contribution in [3.63, 3.8) is 0 Å². The SMILES string of the molecule is CNc1cc2c(cc1N1CCN(C(=O)OC(C)(C)C)CC1C)n(C)c(=O)n2C. The number of anilines is 2. The molecule has 1 aliphatic heterocycles. The summed E-state index contributed by atoms with van der Waals surface area (Å²) in [5, 5.41) is 3.26. The van der Waals surface area contributed by atoms with Gasteiger partial charge in [-0.2, -0.15) is 0 Å². The molecule has 1 aromatic heterocycles. The Morgan fingerprint density at radius 2 is 1.75 bits per heavy atom. The molecule has 2 heterocycles. The number of aromatic nitrogens is 2. The number of imidazole rings is 1. The molecule has 8 nitrogen and oxygen atoms in total. The topological polar surface area (TPSA) is 71.7 Å². The minimum absolute atomic E-state index is 0.0444. The minimum Gasteiger partial charge on any atom is -0.444 e. The number of benzene rings is 1. The third kappa shape index (κ3) is 3.55. The molecule has 0 spiro atoms. The van der Waals surface area contributed by atoms with Crippen molar-refractivity contribution in [2.45, 2.75) is 39.3 Å². The van der Waals surface area contributed by atoms with Crippen molar-refractivity contribution in [2.24, 2.45) is 14.1 Å². The summed E-state index contributed by atoms with van der Waals surface area (Å²) < 4.78 is 8.84. The van der Waals surface area contributed by atoms with Crippen molar-refractivity contribution in [2.75, 3.05) is 36.9 Å². The van der Waals surface area contributed by atoms with Crippen LogP contribution in [0.1, 0.15) is 27.7 Å². The summed E-state index contributed by atoms with van der Waals surface area (Å²) in [7, 11) is 5.46. The van der Waals surface area contributed by atoms with Crippen molar-refractivity contribution in [1.82, 2.24) is 14.0 Å². The Morgan fingerprint density at radius 3 is 2.29 bits per heavy atom. The van der Waals surface area contributed by atoms with E-state index in [0.29, 0.717) is 19.6 Å². The van der Waals surface area contributed by atoms with E-state index < -0.39 is 5.60 Å². The molecule has 1 unspecified atom stereocenters. The smallest absolute Gasteiger partial charge is 0.410 e. The van der Waals surface area contributed by atoms with E-state index in [-0.39, 0.29) is 17.8 Å². The Bertz CT molecular complexity index is 953. The molecule has 1 amide bonds. The van der Waals surface area contributed by atoms with Crippen LogP contribution in [0.5, 0.6) is 0 Å². The second-order valence-electron chi connectivity index (χ2n) is 8.48. The number of nitrogens with one attached hydrogen (secondary N) is 1. The molecule has 0 radical (unpaired) electrons. The van der Waals surface area contributed by atoms with Crippen LogP contribution in [0.3, 0.4) is 0 Å². The van der Waals surface area contributed by atoms with Crippen LogP contribution in [-0.4, -0.2) is 58.5 Å². The lowest BCUT2D eigenvalue weighted by Crippen LogP contribution is -2.54. The second-order valence-corrected chi connectivity index (χ2v) is 8.48. The summed E-state index contributed by atoms with van der Waals surface area (Å²) in [6, 6.07) is 4.19. The van der Waals surface area contributed by atoms with Crippen molar-refractivity contribution in [3.05, 3.63) is 22.6 Å². The molecular formula is C20H31N5O3. The van der Waals surface area contributed by atoms with E-state index in [1.54, 1.807) is 28.1 Å². The number of fused-ring (bicyclic) bond motifs is 1. The lowest BCUT2D eigenvalue weighted by Gasteiger charge is -2.42. The van der Waals surface area contributed by atoms with E-state index in [1.165, 1.54) is 0 Å². The lowest BCUT2D eigenvalue weighted by molar-refractivity contribution is 0.0219. The molecule has 1 atom stereocenters. The molecule has 8 heteroatoms. The van der Waals surface area contributed by atoms with Gasteiger partial charge in [0.1, 0.15) is 5.60 Å². The van der Waals surface area contributed by atoms with Gasteiger partial charge in [-0.3, -0.25) is 9.13 Å². The highest BCUT2D eigenvalue weighted by Crippen LogP contribution is 2.33. The molecule has 2 aromatic rings. The molecule has 1 aromatic carbocycles. The summed E-state index contributed by atoms with van der Waals surface area (Å²) in [5.41, 5.74) is 3.24. The maximum Gasteiger partial charge on any atom is 0.410 e. The van der Waals surface area contributed by atoms with Gasteiger partial charge in [0.2, 0.25) is 0 Å². The lowest BCUT2D eigenvalue weighted by atomic mass is 10.1. The summed E-state index contributed by atoms with van der Waals surface area (Å²) in [5.74, 6) is 0. The average molecular weight is 390 g/mol. The molecule has 1 fully saturated rings. The zero-order valence-corrected chi connectivity index (χ0v) is 17.9. The number of piperazine rings is 1. The third-order valence-corrected chi connectivity index (χ3v) is 5.25. The van der Waals surface area contributed by atoms with Gasteiger partial charge >= 0.3 is 11.8 Å². The zero-order chi connectivity index (χ0) is 20.8. The zero-order valence-electron chi connectivity index (χ0n) is 17.9. The standard InChI is InChI=1S/C20H31N5O3/c1-13-12-24(19(27)28-20(2,3)4)8-9-25(13)15-11-17-16(10-14(15)21-5)22(6)18(26)23(17)7/h10-11,13,21H,8-9,12H2,1-7H3. The number of aryl methyl sites for hydroxylation is 2. The number of hydrogen-bond donors (Lipinski definition) is 1. The van der Waals surface area contributed by atoms with Crippen LogP contribution in [0.2, 0.25) is 0 Å². The van der Waals surface area contributed by atoms with Gasteiger partial charge in [-0.05, 0) is 39.8 Å². The number of nitrogens with zero attached hydrogens (tertiary/aromatic N) is 4. The second kappa shape index (κ2) is 7.07. The highest BCUT2D eigenvalue weighted by Gasteiger charge is 2.31. The van der Waals surface area contributed by atoms with E-state index in [9.17, 15) is 9.59 Å². The van der Waals surface area contributed by atoms with Gasteiger partial charge in [-0.15, -0.1) is 0 Å². The van der Waals surface area contributed by atoms with Crippen molar-refractivity contribution in [1.29, 1.82) is 0 Å². The van der Waals surface area contributed by atoms with E-state index in [1.807, 2.05) is 33.9 Å². The fourth-order valence-electron chi connectivity index (χ4n) is 3.78. The Hall–Kier alpha value is -2.64. The summed E-state index contributed by atoms with van der Waals surface area (Å²) in [4.78, 5) is 28.8. The monoisotopic (exact) mass is 389 g/mol. The fraction of sp³-hybridized carbons (Fsp3) is 0.600. The van der Waals surface area contributed by atoms with Crippen LogP contribution in [0.15, 0.2) is 16.9 Å². The summed E-state index contributed by atoms with van der Waals surface area (Å²) in [6.45, 7) is 9.61. The predicted molar refractivity (Wildman–Crippen MR) is 112 cm³/mol. The van der Waals surface area contributed by atoms with Crippen LogP contribution in [0.25, 0.3) is 11.0 Å². The first-order valence-electron chi connectivity index (χ1n) is 9.65. The number of amides is 1. The van der Waals surface area contributed by atoms with Crippen LogP contribution < -0.4 is 15.9 Å². The Balaban J connectivity index is 1.90. The largest absolute Gasteiger partial charge is 0.444 e. The Morgan fingerprint density at radius 1 is 1.14 bits per heavy atom. The highest BCUT2D eigenvalue weighted by atomic mass is 16.6. The molecule has 1 N–H and O–H groups in total. The minimum atomic E-state index is -0.500. The van der Waals surface area contributed by atoms with Gasteiger partial charge in [-0.25, -0.2) is 9.59 Å². The number of hydrogen-bond acceptors (Lipinski definition) is 5. The van der Waals surface area contributed by atoms with Crippen molar-refractivity contribution < 1.29 is 9.53 Å². The van der Waals surface area contributed by atoms with E-state index in [4.69, 9.17) is 4.74 Å². The molecule has 0 saturated carbocycles. The van der Waals surface area contributed by atoms with E-state index >= 15 is 0 Å². The van der Waals surface area contributed by atoms with E-state index in [0.717, 1.165) is 22.4 Å². The van der Waals surface area contributed by atoms with Gasteiger partial charge in [0.05, 0.1) is 22.4 Å². The molecule has 3 rings (SSSR count). The maximum atomic E-state index is 12.4. The van der Waals surface area contributed by atoms with Gasteiger partial charge in [0.15, 0.2) is 0 Å². The molecule has 1 saturated heterocycles. The van der Waals surface area contributed by atoms with Crippen LogP contribution >= 0.6 is 0 Å². The first-order chi connectivity index (χ1) is 13.0. The fourth-order valence-corrected chi connectivity index (χ4v) is 3.78. The number of carbonyl (C=O) groups excluding carboxylic acids is 1. The first-order valence-corrected chi connectivity index (χ1v) is 9.65. The van der Waals surface area contributed by atoms with Gasteiger partial charge in [-0.1, -0.05) is 0 Å². The summed E-state index contributed by atoms with van der Waals surface area (Å²) >= 11 is 0. The Kier molecular flexibility index (Phi) is 5.08.